The second-order valence-corrected chi connectivity index (χ2v) is 13.3. The average molecular weight is 625 g/mol. The Morgan fingerprint density at radius 2 is 1.52 bits per heavy atom. The molecule has 2 atom stereocenters. The standard InChI is InChI=1S/C34H40N8O4/c1-34(2,3)46-33(44)40-17-15-25(16-18-40)42-31-28(19-35-42)30(41-20-26-13-14-27(21-41)45-26)38-29(39-31)22-9-11-24(12-10-22)37-32(43)36-23-7-5-4-6-8-23/h4-12,19,25-27H,13-18,20-21H2,1-3H3,(H2,36,37,43). The van der Waals surface area contributed by atoms with Crippen LogP contribution in [-0.4, -0.2) is 80.8 Å². The zero-order valence-electron chi connectivity index (χ0n) is 26.5. The zero-order valence-corrected chi connectivity index (χ0v) is 26.5. The number of hydrogen-bond acceptors (Lipinski definition) is 8. The number of nitrogens with zero attached hydrogens (tertiary/aromatic N) is 6. The Hall–Kier alpha value is -4.71. The summed E-state index contributed by atoms with van der Waals surface area (Å²) >= 11 is 0. The number of piperidine rings is 1. The second-order valence-electron chi connectivity index (χ2n) is 13.3. The van der Waals surface area contributed by atoms with E-state index in [4.69, 9.17) is 24.5 Å². The predicted molar refractivity (Wildman–Crippen MR) is 176 cm³/mol. The Kier molecular flexibility index (Phi) is 7.97. The number of carbonyl (C=O) groups excluding carboxylic acids is 2. The molecule has 12 nitrogen and oxygen atoms in total. The lowest BCUT2D eigenvalue weighted by atomic mass is 10.1. The molecule has 7 rings (SSSR count). The summed E-state index contributed by atoms with van der Waals surface area (Å²) in [5.41, 5.74) is 2.46. The summed E-state index contributed by atoms with van der Waals surface area (Å²) in [6.45, 7) is 8.39. The number of para-hydroxylation sites is 1. The van der Waals surface area contributed by atoms with Crippen LogP contribution in [0.3, 0.4) is 0 Å². The van der Waals surface area contributed by atoms with Gasteiger partial charge in [-0.25, -0.2) is 24.2 Å². The van der Waals surface area contributed by atoms with Gasteiger partial charge in [-0.3, -0.25) is 0 Å². The molecule has 0 saturated carbocycles. The van der Waals surface area contributed by atoms with Crippen molar-refractivity contribution in [3.05, 3.63) is 60.8 Å². The molecule has 3 aliphatic heterocycles. The molecule has 2 aromatic carbocycles. The second kappa shape index (κ2) is 12.2. The van der Waals surface area contributed by atoms with Gasteiger partial charge in [0, 0.05) is 43.1 Å². The van der Waals surface area contributed by atoms with Crippen LogP contribution in [-0.2, 0) is 9.47 Å². The van der Waals surface area contributed by atoms with E-state index in [1.807, 2.05) is 86.2 Å². The van der Waals surface area contributed by atoms with E-state index in [1.54, 1.807) is 4.90 Å². The van der Waals surface area contributed by atoms with Crippen LogP contribution in [0.25, 0.3) is 22.4 Å². The van der Waals surface area contributed by atoms with Gasteiger partial charge in [-0.05, 0) is 82.9 Å². The van der Waals surface area contributed by atoms with Crippen LogP contribution in [0.2, 0.25) is 0 Å². The molecule has 240 valence electrons. The molecule has 5 heterocycles. The van der Waals surface area contributed by atoms with Crippen LogP contribution in [0, 0.1) is 0 Å². The van der Waals surface area contributed by atoms with Crippen molar-refractivity contribution in [1.29, 1.82) is 0 Å². The molecular formula is C34H40N8O4. The highest BCUT2D eigenvalue weighted by Gasteiger charge is 2.36. The van der Waals surface area contributed by atoms with Crippen molar-refractivity contribution in [2.45, 2.75) is 70.3 Å². The number of nitrogens with one attached hydrogen (secondary N) is 2. The molecule has 3 fully saturated rings. The number of hydrogen-bond donors (Lipinski definition) is 2. The molecule has 2 N–H and O–H groups in total. The summed E-state index contributed by atoms with van der Waals surface area (Å²) in [5.74, 6) is 1.46. The summed E-state index contributed by atoms with van der Waals surface area (Å²) < 4.78 is 13.7. The van der Waals surface area contributed by atoms with E-state index >= 15 is 0 Å². The zero-order chi connectivity index (χ0) is 31.8. The van der Waals surface area contributed by atoms with E-state index in [2.05, 4.69) is 15.5 Å². The third-order valence-corrected chi connectivity index (χ3v) is 8.67. The highest BCUT2D eigenvalue weighted by atomic mass is 16.6. The van der Waals surface area contributed by atoms with Crippen LogP contribution in [0.15, 0.2) is 60.8 Å². The quantitative estimate of drug-likeness (QED) is 0.274. The predicted octanol–water partition coefficient (Wildman–Crippen LogP) is 6.08. The molecule has 2 aromatic heterocycles. The van der Waals surface area contributed by atoms with E-state index < -0.39 is 5.60 Å². The lowest BCUT2D eigenvalue weighted by Crippen LogP contribution is -2.43. The third-order valence-electron chi connectivity index (χ3n) is 8.67. The fraction of sp³-hybridized carbons (Fsp3) is 0.441. The molecule has 12 heteroatoms. The van der Waals surface area contributed by atoms with Gasteiger partial charge in [0.1, 0.15) is 11.4 Å². The smallest absolute Gasteiger partial charge is 0.410 e. The van der Waals surface area contributed by atoms with Gasteiger partial charge in [0.25, 0.3) is 0 Å². The van der Waals surface area contributed by atoms with Crippen molar-refractivity contribution < 1.29 is 19.1 Å². The van der Waals surface area contributed by atoms with Crippen molar-refractivity contribution in [1.82, 2.24) is 24.6 Å². The number of ether oxygens (including phenoxy) is 2. The van der Waals surface area contributed by atoms with Gasteiger partial charge in [0.15, 0.2) is 11.5 Å². The molecule has 3 saturated heterocycles. The maximum absolute atomic E-state index is 12.7. The Morgan fingerprint density at radius 3 is 2.17 bits per heavy atom. The highest BCUT2D eigenvalue weighted by molar-refractivity contribution is 5.99. The maximum atomic E-state index is 12.7. The molecule has 2 bridgehead atoms. The summed E-state index contributed by atoms with van der Waals surface area (Å²) in [4.78, 5) is 39.5. The molecule has 3 amide bonds. The van der Waals surface area contributed by atoms with Crippen LogP contribution in [0.4, 0.5) is 26.8 Å². The first-order valence-electron chi connectivity index (χ1n) is 16.1. The van der Waals surface area contributed by atoms with Crippen LogP contribution < -0.4 is 15.5 Å². The minimum absolute atomic E-state index is 0.0855. The average Bonchev–Trinajstić information content (AvgIpc) is 3.62. The van der Waals surface area contributed by atoms with Gasteiger partial charge in [-0.2, -0.15) is 5.10 Å². The van der Waals surface area contributed by atoms with E-state index in [0.29, 0.717) is 24.6 Å². The number of carbonyl (C=O) groups is 2. The first-order chi connectivity index (χ1) is 22.2. The highest BCUT2D eigenvalue weighted by Crippen LogP contribution is 2.35. The normalized spacial score (nSPS) is 20.2. The van der Waals surface area contributed by atoms with E-state index in [0.717, 1.165) is 66.9 Å². The van der Waals surface area contributed by atoms with Crippen molar-refractivity contribution >= 4 is 40.4 Å². The number of benzene rings is 2. The summed E-state index contributed by atoms with van der Waals surface area (Å²) in [7, 11) is 0. The molecule has 0 spiro atoms. The minimum atomic E-state index is -0.530. The lowest BCUT2D eigenvalue weighted by molar-refractivity contribution is 0.0186. The number of likely N-dealkylation sites (tertiary alicyclic amines) is 1. The molecule has 4 aromatic rings. The summed E-state index contributed by atoms with van der Waals surface area (Å²) in [6.07, 6.45) is 5.62. The maximum Gasteiger partial charge on any atom is 0.410 e. The Labute approximate surface area is 268 Å². The number of urea groups is 1. The van der Waals surface area contributed by atoms with Gasteiger partial charge in [0.05, 0.1) is 29.8 Å². The van der Waals surface area contributed by atoms with Crippen molar-refractivity contribution in [3.8, 4) is 11.4 Å². The van der Waals surface area contributed by atoms with Crippen LogP contribution in [0.1, 0.15) is 52.5 Å². The first kappa shape index (κ1) is 30.0. The number of aromatic nitrogens is 4. The van der Waals surface area contributed by atoms with Gasteiger partial charge in [0.2, 0.25) is 0 Å². The molecule has 0 aliphatic carbocycles. The largest absolute Gasteiger partial charge is 0.444 e. The number of anilines is 3. The van der Waals surface area contributed by atoms with E-state index in [-0.39, 0.29) is 30.4 Å². The number of morpholine rings is 1. The molecular weight excluding hydrogens is 584 g/mol. The number of fused-ring (bicyclic) bond motifs is 3. The van der Waals surface area contributed by atoms with Gasteiger partial charge in [-0.1, -0.05) is 18.2 Å². The van der Waals surface area contributed by atoms with Gasteiger partial charge >= 0.3 is 12.1 Å². The van der Waals surface area contributed by atoms with Crippen molar-refractivity contribution in [2.75, 3.05) is 41.7 Å². The SMILES string of the molecule is CC(C)(C)OC(=O)N1CCC(n2ncc3c(N4CC5CCC(C4)O5)nc(-c4ccc(NC(=O)Nc5ccccc5)cc4)nc32)CC1. The lowest BCUT2D eigenvalue weighted by Gasteiger charge is -2.34. The Balaban J connectivity index is 1.15. The van der Waals surface area contributed by atoms with Gasteiger partial charge in [-0.15, -0.1) is 0 Å². The van der Waals surface area contributed by atoms with Crippen molar-refractivity contribution in [3.63, 3.8) is 0 Å². The summed E-state index contributed by atoms with van der Waals surface area (Å²) in [6, 6.07) is 16.6. The monoisotopic (exact) mass is 624 g/mol. The van der Waals surface area contributed by atoms with Gasteiger partial charge < -0.3 is 29.9 Å². The molecule has 0 radical (unpaired) electrons. The molecule has 2 unspecified atom stereocenters. The van der Waals surface area contributed by atoms with E-state index in [1.165, 1.54) is 0 Å². The minimum Gasteiger partial charge on any atom is -0.444 e. The first-order valence-corrected chi connectivity index (χ1v) is 16.1. The molecule has 46 heavy (non-hydrogen) atoms. The number of amides is 3. The Morgan fingerprint density at radius 1 is 0.870 bits per heavy atom. The fourth-order valence-corrected chi connectivity index (χ4v) is 6.47. The van der Waals surface area contributed by atoms with E-state index in [9.17, 15) is 9.59 Å². The molecule has 3 aliphatic rings. The topological polar surface area (TPSA) is 127 Å². The van der Waals surface area contributed by atoms with Crippen LogP contribution >= 0.6 is 0 Å². The Bertz CT molecular complexity index is 1700. The fourth-order valence-electron chi connectivity index (χ4n) is 6.47. The third kappa shape index (κ3) is 6.48. The summed E-state index contributed by atoms with van der Waals surface area (Å²) in [5, 5.41) is 11.5. The van der Waals surface area contributed by atoms with Crippen LogP contribution in [0.5, 0.6) is 0 Å². The van der Waals surface area contributed by atoms with Crippen molar-refractivity contribution in [2.24, 2.45) is 0 Å². The number of rotatable bonds is 5.